The van der Waals surface area contributed by atoms with Gasteiger partial charge >= 0.3 is 0 Å². The fourth-order valence-electron chi connectivity index (χ4n) is 1.42. The van der Waals surface area contributed by atoms with Crippen molar-refractivity contribution in [3.8, 4) is 0 Å². The molecule has 0 fully saturated rings. The van der Waals surface area contributed by atoms with Crippen molar-refractivity contribution >= 4 is 34.5 Å². The molecule has 0 saturated heterocycles. The van der Waals surface area contributed by atoms with E-state index in [-0.39, 0.29) is 11.9 Å². The maximum absolute atomic E-state index is 12.0. The number of nitrogens with one attached hydrogen (secondary N) is 1. The molecule has 1 aromatic carbocycles. The van der Waals surface area contributed by atoms with E-state index in [1.807, 2.05) is 13.0 Å². The highest BCUT2D eigenvalue weighted by Crippen LogP contribution is 2.19. The molecule has 1 rings (SSSR count). The first-order valence-electron chi connectivity index (χ1n) is 5.36. The monoisotopic (exact) mass is 317 g/mol. The topological polar surface area (TPSA) is 38.3 Å². The van der Waals surface area contributed by atoms with E-state index in [1.165, 1.54) is 0 Å². The molecular formula is C12H16BrNO2S. The fraction of sp³-hybridized carbons (Fsp3) is 0.417. The van der Waals surface area contributed by atoms with Gasteiger partial charge in [0.2, 0.25) is 0 Å². The quantitative estimate of drug-likeness (QED) is 0.819. The Morgan fingerprint density at radius 1 is 1.59 bits per heavy atom. The Hall–Kier alpha value is -0.520. The Morgan fingerprint density at radius 3 is 2.82 bits per heavy atom. The highest BCUT2D eigenvalue weighted by molar-refractivity contribution is 9.10. The van der Waals surface area contributed by atoms with Gasteiger partial charge in [0.25, 0.3) is 5.91 Å². The largest absolute Gasteiger partial charge is 0.383 e. The van der Waals surface area contributed by atoms with Crippen molar-refractivity contribution in [1.29, 1.82) is 0 Å². The lowest BCUT2D eigenvalue weighted by Crippen LogP contribution is -2.37. The molecule has 0 spiro atoms. The van der Waals surface area contributed by atoms with Gasteiger partial charge in [-0.25, -0.2) is 0 Å². The SMILES string of the molecule is CCC(COC)NC(=O)c1ccc(Br)cc1S. The van der Waals surface area contributed by atoms with Crippen LogP contribution in [0.25, 0.3) is 0 Å². The van der Waals surface area contributed by atoms with Crippen molar-refractivity contribution in [2.75, 3.05) is 13.7 Å². The summed E-state index contributed by atoms with van der Waals surface area (Å²) >= 11 is 7.62. The zero-order valence-corrected chi connectivity index (χ0v) is 12.3. The number of rotatable bonds is 5. The molecular weight excluding hydrogens is 302 g/mol. The molecule has 5 heteroatoms. The van der Waals surface area contributed by atoms with Crippen LogP contribution in [0.1, 0.15) is 23.7 Å². The predicted molar refractivity (Wildman–Crippen MR) is 74.8 cm³/mol. The van der Waals surface area contributed by atoms with Crippen LogP contribution in [0.4, 0.5) is 0 Å². The minimum Gasteiger partial charge on any atom is -0.383 e. The number of amides is 1. The zero-order valence-electron chi connectivity index (χ0n) is 9.87. The first-order chi connectivity index (χ1) is 8.08. The van der Waals surface area contributed by atoms with Crippen LogP contribution in [0.5, 0.6) is 0 Å². The van der Waals surface area contributed by atoms with Gasteiger partial charge in [-0.15, -0.1) is 12.6 Å². The molecule has 0 saturated carbocycles. The number of hydrogen-bond acceptors (Lipinski definition) is 3. The molecule has 0 radical (unpaired) electrons. The van der Waals surface area contributed by atoms with Gasteiger partial charge < -0.3 is 10.1 Å². The van der Waals surface area contributed by atoms with Gasteiger partial charge in [0.05, 0.1) is 18.2 Å². The van der Waals surface area contributed by atoms with Crippen LogP contribution >= 0.6 is 28.6 Å². The summed E-state index contributed by atoms with van der Waals surface area (Å²) < 4.78 is 5.95. The maximum Gasteiger partial charge on any atom is 0.252 e. The van der Waals surface area contributed by atoms with E-state index in [1.54, 1.807) is 19.2 Å². The number of carbonyl (C=O) groups is 1. The minimum absolute atomic E-state index is 0.0314. The third kappa shape index (κ3) is 4.33. The number of hydrogen-bond donors (Lipinski definition) is 2. The smallest absolute Gasteiger partial charge is 0.252 e. The summed E-state index contributed by atoms with van der Waals surface area (Å²) in [6, 6.07) is 5.41. The Balaban J connectivity index is 2.75. The molecule has 1 unspecified atom stereocenters. The van der Waals surface area contributed by atoms with Crippen LogP contribution in [0.3, 0.4) is 0 Å². The fourth-order valence-corrected chi connectivity index (χ4v) is 2.28. The highest BCUT2D eigenvalue weighted by atomic mass is 79.9. The number of ether oxygens (including phenoxy) is 1. The number of carbonyl (C=O) groups excluding carboxylic acids is 1. The van der Waals surface area contributed by atoms with E-state index < -0.39 is 0 Å². The van der Waals surface area contributed by atoms with E-state index in [0.29, 0.717) is 17.1 Å². The molecule has 17 heavy (non-hydrogen) atoms. The molecule has 94 valence electrons. The summed E-state index contributed by atoms with van der Waals surface area (Å²) in [7, 11) is 1.62. The maximum atomic E-state index is 12.0. The number of methoxy groups -OCH3 is 1. The lowest BCUT2D eigenvalue weighted by Gasteiger charge is -2.16. The Morgan fingerprint density at radius 2 is 2.29 bits per heavy atom. The first kappa shape index (κ1) is 14.5. The van der Waals surface area contributed by atoms with E-state index in [2.05, 4.69) is 33.9 Å². The van der Waals surface area contributed by atoms with Crippen molar-refractivity contribution in [2.45, 2.75) is 24.3 Å². The van der Waals surface area contributed by atoms with E-state index in [4.69, 9.17) is 4.74 Å². The molecule has 3 nitrogen and oxygen atoms in total. The third-order valence-corrected chi connectivity index (χ3v) is 3.26. The van der Waals surface area contributed by atoms with Crippen molar-refractivity contribution < 1.29 is 9.53 Å². The van der Waals surface area contributed by atoms with Crippen molar-refractivity contribution in [3.63, 3.8) is 0 Å². The summed E-state index contributed by atoms with van der Waals surface area (Å²) in [6.45, 7) is 2.52. The lowest BCUT2D eigenvalue weighted by atomic mass is 10.1. The van der Waals surface area contributed by atoms with E-state index >= 15 is 0 Å². The Labute approximate surface area is 115 Å². The van der Waals surface area contributed by atoms with Gasteiger partial charge in [-0.3, -0.25) is 4.79 Å². The second kappa shape index (κ2) is 7.03. The zero-order chi connectivity index (χ0) is 12.8. The second-order valence-electron chi connectivity index (χ2n) is 3.70. The van der Waals surface area contributed by atoms with Gasteiger partial charge in [-0.2, -0.15) is 0 Å². The second-order valence-corrected chi connectivity index (χ2v) is 5.09. The molecule has 1 aromatic rings. The van der Waals surface area contributed by atoms with Crippen LogP contribution in [0, 0.1) is 0 Å². The van der Waals surface area contributed by atoms with Gasteiger partial charge in [0.1, 0.15) is 0 Å². The standard InChI is InChI=1S/C12H16BrNO2S/c1-3-9(7-16-2)14-12(15)10-5-4-8(13)6-11(10)17/h4-6,9,17H,3,7H2,1-2H3,(H,14,15). The summed E-state index contributed by atoms with van der Waals surface area (Å²) in [4.78, 5) is 12.6. The van der Waals surface area contributed by atoms with Gasteiger partial charge in [-0.1, -0.05) is 22.9 Å². The molecule has 0 aliphatic carbocycles. The summed E-state index contributed by atoms with van der Waals surface area (Å²) in [5.41, 5.74) is 0.575. The van der Waals surface area contributed by atoms with E-state index in [0.717, 1.165) is 10.9 Å². The van der Waals surface area contributed by atoms with Crippen LogP contribution in [0.2, 0.25) is 0 Å². The van der Waals surface area contributed by atoms with Crippen molar-refractivity contribution in [1.82, 2.24) is 5.32 Å². The van der Waals surface area contributed by atoms with Gasteiger partial charge in [0.15, 0.2) is 0 Å². The van der Waals surface area contributed by atoms with Crippen molar-refractivity contribution in [3.05, 3.63) is 28.2 Å². The number of benzene rings is 1. The first-order valence-corrected chi connectivity index (χ1v) is 6.60. The summed E-state index contributed by atoms with van der Waals surface area (Å²) in [5.74, 6) is -0.119. The van der Waals surface area contributed by atoms with Crippen LogP contribution in [-0.2, 0) is 4.74 Å². The molecule has 0 heterocycles. The number of halogens is 1. The van der Waals surface area contributed by atoms with Crippen LogP contribution in [0.15, 0.2) is 27.6 Å². The van der Waals surface area contributed by atoms with E-state index in [9.17, 15) is 4.79 Å². The third-order valence-electron chi connectivity index (χ3n) is 2.40. The molecule has 1 N–H and O–H groups in total. The minimum atomic E-state index is -0.119. The summed E-state index contributed by atoms with van der Waals surface area (Å²) in [5, 5.41) is 2.92. The molecule has 0 aliphatic rings. The molecule has 0 aromatic heterocycles. The normalized spacial score (nSPS) is 12.2. The molecule has 0 aliphatic heterocycles. The average molecular weight is 318 g/mol. The molecule has 0 bridgehead atoms. The van der Waals surface area contributed by atoms with Crippen molar-refractivity contribution in [2.24, 2.45) is 0 Å². The lowest BCUT2D eigenvalue weighted by molar-refractivity contribution is 0.0892. The predicted octanol–water partition coefficient (Wildman–Crippen LogP) is 2.89. The highest BCUT2D eigenvalue weighted by Gasteiger charge is 2.14. The molecule has 1 atom stereocenters. The van der Waals surface area contributed by atoms with Crippen LogP contribution < -0.4 is 5.32 Å². The molecule has 1 amide bonds. The van der Waals surface area contributed by atoms with Gasteiger partial charge in [0, 0.05) is 16.5 Å². The summed E-state index contributed by atoms with van der Waals surface area (Å²) in [6.07, 6.45) is 0.831. The average Bonchev–Trinajstić information content (AvgIpc) is 2.28. The van der Waals surface area contributed by atoms with Crippen LogP contribution in [-0.4, -0.2) is 25.7 Å². The number of thiol groups is 1. The van der Waals surface area contributed by atoms with Gasteiger partial charge in [-0.05, 0) is 24.6 Å². The Kier molecular flexibility index (Phi) is 6.02. The Bertz CT molecular complexity index is 398.